The number of benzene rings is 8. The van der Waals surface area contributed by atoms with Crippen molar-refractivity contribution in [3.05, 3.63) is 152 Å². The average Bonchev–Trinajstić information content (AvgIpc) is 3.89. The van der Waals surface area contributed by atoms with Crippen LogP contribution in [0.25, 0.3) is 124 Å². The first kappa shape index (κ1) is 27.8. The van der Waals surface area contributed by atoms with Crippen molar-refractivity contribution in [3.8, 4) is 17.2 Å². The predicted octanol–water partition coefficient (Wildman–Crippen LogP) is 13.6. The van der Waals surface area contributed by atoms with E-state index in [4.69, 9.17) is 14.4 Å². The van der Waals surface area contributed by atoms with E-state index < -0.39 is 0 Å². The molecular formula is C48H25N3OS. The highest BCUT2D eigenvalue weighted by molar-refractivity contribution is 7.26. The minimum absolute atomic E-state index is 0.650. The van der Waals surface area contributed by atoms with Gasteiger partial charge in [0.1, 0.15) is 11.2 Å². The molecule has 0 aliphatic heterocycles. The van der Waals surface area contributed by atoms with Crippen LogP contribution in [0, 0.1) is 0 Å². The molecule has 0 spiro atoms. The first-order valence-corrected chi connectivity index (χ1v) is 18.7. The summed E-state index contributed by atoms with van der Waals surface area (Å²) in [7, 11) is 0. The fraction of sp³-hybridized carbons (Fsp3) is 0. The molecule has 0 aliphatic rings. The molecule has 0 amide bonds. The Morgan fingerprint density at radius 1 is 0.415 bits per heavy atom. The van der Waals surface area contributed by atoms with E-state index in [2.05, 4.69) is 144 Å². The van der Waals surface area contributed by atoms with Gasteiger partial charge in [-0.05, 0) is 69.4 Å². The van der Waals surface area contributed by atoms with Gasteiger partial charge in [0.15, 0.2) is 0 Å². The number of nitrogens with zero attached hydrogens (tertiary/aromatic N) is 3. The zero-order valence-electron chi connectivity index (χ0n) is 28.1. The van der Waals surface area contributed by atoms with Gasteiger partial charge in [-0.3, -0.25) is 4.57 Å². The minimum Gasteiger partial charge on any atom is -0.456 e. The van der Waals surface area contributed by atoms with Crippen LogP contribution in [-0.4, -0.2) is 14.5 Å². The van der Waals surface area contributed by atoms with Crippen molar-refractivity contribution in [3.63, 3.8) is 0 Å². The van der Waals surface area contributed by atoms with E-state index in [1.165, 1.54) is 52.5 Å². The summed E-state index contributed by atoms with van der Waals surface area (Å²) in [5, 5.41) is 15.5. The minimum atomic E-state index is 0.650. The van der Waals surface area contributed by atoms with Gasteiger partial charge in [-0.15, -0.1) is 11.3 Å². The number of thiophene rings is 1. The van der Waals surface area contributed by atoms with Gasteiger partial charge in [0.05, 0.1) is 22.2 Å². The molecule has 13 aromatic rings. The van der Waals surface area contributed by atoms with Crippen LogP contribution >= 0.6 is 11.3 Å². The first-order valence-electron chi connectivity index (χ1n) is 17.9. The molecule has 0 N–H and O–H groups in total. The molecule has 13 rings (SSSR count). The molecule has 0 saturated carbocycles. The van der Waals surface area contributed by atoms with Crippen LogP contribution in [0.5, 0.6) is 0 Å². The van der Waals surface area contributed by atoms with Gasteiger partial charge in [0.2, 0.25) is 5.95 Å². The Hall–Kier alpha value is -6.82. The van der Waals surface area contributed by atoms with Gasteiger partial charge >= 0.3 is 0 Å². The number of furan rings is 1. The van der Waals surface area contributed by atoms with Crippen LogP contribution in [-0.2, 0) is 0 Å². The van der Waals surface area contributed by atoms with Crippen molar-refractivity contribution in [2.24, 2.45) is 0 Å². The topological polar surface area (TPSA) is 43.9 Å². The number of aromatic nitrogens is 3. The molecule has 244 valence electrons. The SMILES string of the molecule is c1ccc2c(c1)ccc1c(-c3cccc4oc5ccccc5c34)nc(-n3c4cccc5c6ccccc6c6cccc7sc8ccc3c(c8c76)c54)nc12. The second-order valence-corrected chi connectivity index (χ2v) is 15.1. The van der Waals surface area contributed by atoms with Gasteiger partial charge in [-0.1, -0.05) is 109 Å². The lowest BCUT2D eigenvalue weighted by atomic mass is 9.95. The van der Waals surface area contributed by atoms with Crippen LogP contribution < -0.4 is 0 Å². The van der Waals surface area contributed by atoms with Crippen molar-refractivity contribution in [1.29, 1.82) is 0 Å². The number of hydrogen-bond donors (Lipinski definition) is 0. The smallest absolute Gasteiger partial charge is 0.235 e. The number of hydrogen-bond acceptors (Lipinski definition) is 4. The zero-order chi connectivity index (χ0) is 34.4. The molecule has 5 heteroatoms. The summed E-state index contributed by atoms with van der Waals surface area (Å²) in [5.74, 6) is 0.650. The summed E-state index contributed by atoms with van der Waals surface area (Å²) in [4.78, 5) is 11.1. The zero-order valence-corrected chi connectivity index (χ0v) is 28.9. The summed E-state index contributed by atoms with van der Waals surface area (Å²) >= 11 is 1.87. The van der Waals surface area contributed by atoms with Crippen LogP contribution in [0.2, 0.25) is 0 Å². The van der Waals surface area contributed by atoms with Crippen molar-refractivity contribution >= 4 is 118 Å². The van der Waals surface area contributed by atoms with E-state index >= 15 is 0 Å². The van der Waals surface area contributed by atoms with Crippen LogP contribution in [0.4, 0.5) is 0 Å². The Morgan fingerprint density at radius 2 is 1.09 bits per heavy atom. The first-order chi connectivity index (χ1) is 26.3. The molecule has 9 aromatic carbocycles. The summed E-state index contributed by atoms with van der Waals surface area (Å²) < 4.78 is 11.3. The van der Waals surface area contributed by atoms with Gasteiger partial charge in [-0.2, -0.15) is 0 Å². The lowest BCUT2D eigenvalue weighted by molar-refractivity contribution is 0.669. The highest BCUT2D eigenvalue weighted by atomic mass is 32.1. The second kappa shape index (κ2) is 9.94. The predicted molar refractivity (Wildman–Crippen MR) is 223 cm³/mol. The van der Waals surface area contributed by atoms with E-state index in [1.54, 1.807) is 0 Å². The van der Waals surface area contributed by atoms with Crippen molar-refractivity contribution in [1.82, 2.24) is 14.5 Å². The maximum atomic E-state index is 6.39. The Bertz CT molecular complexity index is 3700. The van der Waals surface area contributed by atoms with E-state index in [9.17, 15) is 0 Å². The highest BCUT2D eigenvalue weighted by Crippen LogP contribution is 2.49. The molecule has 0 radical (unpaired) electrons. The summed E-state index contributed by atoms with van der Waals surface area (Å²) in [6.07, 6.45) is 0. The third kappa shape index (κ3) is 3.54. The number of fused-ring (bicyclic) bond motifs is 9. The second-order valence-electron chi connectivity index (χ2n) is 14.0. The van der Waals surface area contributed by atoms with Crippen molar-refractivity contribution < 1.29 is 4.42 Å². The van der Waals surface area contributed by atoms with E-state index in [0.29, 0.717) is 5.95 Å². The van der Waals surface area contributed by atoms with Crippen LogP contribution in [0.1, 0.15) is 0 Å². The van der Waals surface area contributed by atoms with E-state index in [1.807, 2.05) is 23.5 Å². The number of rotatable bonds is 2. The number of para-hydroxylation sites is 1. The Balaban J connectivity index is 1.26. The molecule has 0 fully saturated rings. The van der Waals surface area contributed by atoms with Gasteiger partial charge in [0, 0.05) is 58.1 Å². The van der Waals surface area contributed by atoms with Gasteiger partial charge < -0.3 is 4.42 Å². The molecule has 53 heavy (non-hydrogen) atoms. The molecule has 0 bridgehead atoms. The molecule has 4 nitrogen and oxygen atoms in total. The van der Waals surface area contributed by atoms with Crippen molar-refractivity contribution in [2.45, 2.75) is 0 Å². The lowest BCUT2D eigenvalue weighted by Gasteiger charge is -2.14. The molecule has 0 aliphatic carbocycles. The monoisotopic (exact) mass is 691 g/mol. The summed E-state index contributed by atoms with van der Waals surface area (Å²) in [6, 6.07) is 54.4. The molecule has 4 aromatic heterocycles. The largest absolute Gasteiger partial charge is 0.456 e. The molecule has 0 atom stereocenters. The standard InChI is InChI=1S/C48H25N3OS/c1-2-11-27-26(10-1)22-23-34-46(27)49-48(50-47(34)33-17-8-20-38-41(33)32-14-5-6-19-37(32)52-38)51-35-18-7-15-30-28-12-3-4-13-29(28)31-16-9-21-39-43(31)45-40(53-39)25-24-36(51)44(45)42(30)35/h1-25H. The summed E-state index contributed by atoms with van der Waals surface area (Å²) in [6.45, 7) is 0. The summed E-state index contributed by atoms with van der Waals surface area (Å²) in [5.41, 5.74) is 6.75. The normalized spacial score (nSPS) is 12.5. The third-order valence-corrected chi connectivity index (χ3v) is 12.5. The Morgan fingerprint density at radius 3 is 1.98 bits per heavy atom. The maximum Gasteiger partial charge on any atom is 0.235 e. The Labute approximate surface area is 305 Å². The highest BCUT2D eigenvalue weighted by Gasteiger charge is 2.25. The quantitative estimate of drug-likeness (QED) is 0.170. The van der Waals surface area contributed by atoms with Gasteiger partial charge in [-0.25, -0.2) is 9.97 Å². The molecule has 0 saturated heterocycles. The van der Waals surface area contributed by atoms with Crippen molar-refractivity contribution in [2.75, 3.05) is 0 Å². The maximum absolute atomic E-state index is 6.39. The molecule has 4 heterocycles. The van der Waals surface area contributed by atoms with E-state index in [0.717, 1.165) is 65.9 Å². The molecule has 0 unspecified atom stereocenters. The Kier molecular flexibility index (Phi) is 5.22. The van der Waals surface area contributed by atoms with Crippen LogP contribution in [0.15, 0.2) is 156 Å². The third-order valence-electron chi connectivity index (χ3n) is 11.4. The van der Waals surface area contributed by atoms with E-state index in [-0.39, 0.29) is 0 Å². The molecular weight excluding hydrogens is 667 g/mol. The lowest BCUT2D eigenvalue weighted by Crippen LogP contribution is -2.04. The fourth-order valence-corrected chi connectivity index (χ4v) is 10.3. The van der Waals surface area contributed by atoms with Crippen LogP contribution in [0.3, 0.4) is 0 Å². The fourth-order valence-electron chi connectivity index (χ4n) is 9.20. The van der Waals surface area contributed by atoms with Gasteiger partial charge in [0.25, 0.3) is 0 Å². The average molecular weight is 692 g/mol.